The molecule has 0 bridgehead atoms. The lowest BCUT2D eigenvalue weighted by Gasteiger charge is -2.13. The van der Waals surface area contributed by atoms with E-state index < -0.39 is 0 Å². The molecule has 2 nitrogen and oxygen atoms in total. The highest BCUT2D eigenvalue weighted by atomic mass is 14.7. The SMILES string of the molecule is c1ccc2cc3c(cc(-c4ccc(-c5cnc6c(ccc7cccnc76)c5)cc4)c4ccccc43)cc2c1. The van der Waals surface area contributed by atoms with E-state index in [4.69, 9.17) is 4.98 Å². The lowest BCUT2D eigenvalue weighted by atomic mass is 9.91. The van der Waals surface area contributed by atoms with Crippen molar-refractivity contribution >= 4 is 54.1 Å². The Morgan fingerprint density at radius 3 is 1.92 bits per heavy atom. The summed E-state index contributed by atoms with van der Waals surface area (Å²) < 4.78 is 0. The topological polar surface area (TPSA) is 25.8 Å². The van der Waals surface area contributed by atoms with Gasteiger partial charge in [-0.25, -0.2) is 0 Å². The third kappa shape index (κ3) is 3.28. The number of aromatic nitrogens is 2. The summed E-state index contributed by atoms with van der Waals surface area (Å²) in [5, 5.41) is 9.87. The van der Waals surface area contributed by atoms with Crippen LogP contribution in [0.2, 0.25) is 0 Å². The first kappa shape index (κ1) is 21.0. The maximum atomic E-state index is 4.80. The minimum absolute atomic E-state index is 0.943. The highest BCUT2D eigenvalue weighted by Crippen LogP contribution is 2.37. The van der Waals surface area contributed by atoms with Crippen LogP contribution in [0.25, 0.3) is 76.4 Å². The van der Waals surface area contributed by atoms with Gasteiger partial charge in [-0.05, 0) is 79.3 Å². The second kappa shape index (κ2) is 8.22. The van der Waals surface area contributed by atoms with Gasteiger partial charge in [-0.3, -0.25) is 9.97 Å². The average molecular weight is 483 g/mol. The molecular weight excluding hydrogens is 460 g/mol. The molecule has 176 valence electrons. The monoisotopic (exact) mass is 482 g/mol. The summed E-state index contributed by atoms with van der Waals surface area (Å²) in [7, 11) is 0. The Kier molecular flexibility index (Phi) is 4.55. The molecule has 0 N–H and O–H groups in total. The summed E-state index contributed by atoms with van der Waals surface area (Å²) in [5.41, 5.74) is 6.61. The van der Waals surface area contributed by atoms with Crippen LogP contribution < -0.4 is 0 Å². The molecule has 0 aliphatic carbocycles. The normalized spacial score (nSPS) is 11.7. The average Bonchev–Trinajstić information content (AvgIpc) is 2.99. The zero-order valence-corrected chi connectivity index (χ0v) is 20.6. The van der Waals surface area contributed by atoms with Crippen LogP contribution >= 0.6 is 0 Å². The molecule has 0 saturated carbocycles. The zero-order chi connectivity index (χ0) is 25.1. The summed E-state index contributed by atoms with van der Waals surface area (Å²) in [5.74, 6) is 0. The lowest BCUT2D eigenvalue weighted by Crippen LogP contribution is -1.88. The fraction of sp³-hybridized carbons (Fsp3) is 0. The molecule has 0 amide bonds. The van der Waals surface area contributed by atoms with Gasteiger partial charge in [-0.1, -0.05) is 91.0 Å². The number of hydrogen-bond donors (Lipinski definition) is 0. The number of hydrogen-bond acceptors (Lipinski definition) is 2. The van der Waals surface area contributed by atoms with E-state index in [0.29, 0.717) is 0 Å². The highest BCUT2D eigenvalue weighted by Gasteiger charge is 2.11. The Morgan fingerprint density at radius 2 is 1.05 bits per heavy atom. The molecule has 8 aromatic rings. The van der Waals surface area contributed by atoms with Gasteiger partial charge in [0.05, 0.1) is 11.0 Å². The lowest BCUT2D eigenvalue weighted by molar-refractivity contribution is 1.37. The molecule has 0 radical (unpaired) electrons. The van der Waals surface area contributed by atoms with Crippen molar-refractivity contribution in [1.82, 2.24) is 9.97 Å². The van der Waals surface area contributed by atoms with Gasteiger partial charge in [-0.15, -0.1) is 0 Å². The number of pyridine rings is 2. The minimum atomic E-state index is 0.943. The van der Waals surface area contributed by atoms with E-state index in [0.717, 1.165) is 32.9 Å². The first-order valence-electron chi connectivity index (χ1n) is 12.9. The molecule has 38 heavy (non-hydrogen) atoms. The van der Waals surface area contributed by atoms with Crippen molar-refractivity contribution in [3.05, 3.63) is 134 Å². The summed E-state index contributed by atoms with van der Waals surface area (Å²) in [4.78, 5) is 9.36. The predicted molar refractivity (Wildman–Crippen MR) is 160 cm³/mol. The fourth-order valence-electron chi connectivity index (χ4n) is 5.77. The molecule has 0 atom stereocenters. The van der Waals surface area contributed by atoms with E-state index in [1.165, 1.54) is 43.4 Å². The van der Waals surface area contributed by atoms with Crippen LogP contribution in [0.5, 0.6) is 0 Å². The molecule has 0 aliphatic rings. The molecule has 2 aromatic heterocycles. The van der Waals surface area contributed by atoms with Crippen molar-refractivity contribution in [2.75, 3.05) is 0 Å². The molecule has 0 saturated heterocycles. The molecule has 6 aromatic carbocycles. The molecule has 8 rings (SSSR count). The number of fused-ring (bicyclic) bond motifs is 7. The quantitative estimate of drug-likeness (QED) is 0.181. The van der Waals surface area contributed by atoms with Gasteiger partial charge >= 0.3 is 0 Å². The van der Waals surface area contributed by atoms with Crippen LogP contribution in [0, 0.1) is 0 Å². The number of rotatable bonds is 2. The smallest absolute Gasteiger partial charge is 0.0964 e. The Morgan fingerprint density at radius 1 is 0.368 bits per heavy atom. The molecular formula is C36H22N2. The van der Waals surface area contributed by atoms with Crippen molar-refractivity contribution in [2.45, 2.75) is 0 Å². The van der Waals surface area contributed by atoms with Crippen molar-refractivity contribution in [3.63, 3.8) is 0 Å². The van der Waals surface area contributed by atoms with E-state index in [1.807, 2.05) is 18.5 Å². The summed E-state index contributed by atoms with van der Waals surface area (Å²) in [6, 6.07) is 43.7. The Labute approximate surface area is 219 Å². The van der Waals surface area contributed by atoms with Crippen LogP contribution in [-0.4, -0.2) is 9.97 Å². The Balaban J connectivity index is 1.26. The van der Waals surface area contributed by atoms with Gasteiger partial charge in [0.25, 0.3) is 0 Å². The molecule has 2 heteroatoms. The largest absolute Gasteiger partial charge is 0.254 e. The third-order valence-corrected chi connectivity index (χ3v) is 7.68. The van der Waals surface area contributed by atoms with Gasteiger partial charge in [0.2, 0.25) is 0 Å². The van der Waals surface area contributed by atoms with Gasteiger partial charge in [0, 0.05) is 28.7 Å². The Hall–Kier alpha value is -5.08. The van der Waals surface area contributed by atoms with Gasteiger partial charge < -0.3 is 0 Å². The summed E-state index contributed by atoms with van der Waals surface area (Å²) >= 11 is 0. The van der Waals surface area contributed by atoms with Crippen LogP contribution in [0.15, 0.2) is 134 Å². The van der Waals surface area contributed by atoms with Gasteiger partial charge in [0.1, 0.15) is 0 Å². The van der Waals surface area contributed by atoms with Crippen LogP contribution in [0.3, 0.4) is 0 Å². The molecule has 0 spiro atoms. The highest BCUT2D eigenvalue weighted by molar-refractivity contribution is 6.16. The van der Waals surface area contributed by atoms with Crippen LogP contribution in [0.1, 0.15) is 0 Å². The second-order valence-electron chi connectivity index (χ2n) is 9.90. The third-order valence-electron chi connectivity index (χ3n) is 7.68. The first-order valence-corrected chi connectivity index (χ1v) is 12.9. The number of benzene rings is 6. The van der Waals surface area contributed by atoms with E-state index in [2.05, 4.69) is 120 Å². The van der Waals surface area contributed by atoms with Gasteiger partial charge in [-0.2, -0.15) is 0 Å². The van der Waals surface area contributed by atoms with E-state index in [-0.39, 0.29) is 0 Å². The van der Waals surface area contributed by atoms with Crippen molar-refractivity contribution in [3.8, 4) is 22.3 Å². The maximum Gasteiger partial charge on any atom is 0.0964 e. The van der Waals surface area contributed by atoms with E-state index >= 15 is 0 Å². The summed E-state index contributed by atoms with van der Waals surface area (Å²) in [6.45, 7) is 0. The maximum absolute atomic E-state index is 4.80. The summed E-state index contributed by atoms with van der Waals surface area (Å²) in [6.07, 6.45) is 3.79. The predicted octanol–water partition coefficient (Wildman–Crippen LogP) is 9.58. The molecule has 2 heterocycles. The molecule has 0 fully saturated rings. The Bertz CT molecular complexity index is 2180. The van der Waals surface area contributed by atoms with Gasteiger partial charge in [0.15, 0.2) is 0 Å². The minimum Gasteiger partial charge on any atom is -0.254 e. The number of nitrogens with zero attached hydrogens (tertiary/aromatic N) is 2. The zero-order valence-electron chi connectivity index (χ0n) is 20.6. The van der Waals surface area contributed by atoms with Crippen LogP contribution in [-0.2, 0) is 0 Å². The fourth-order valence-corrected chi connectivity index (χ4v) is 5.77. The standard InChI is InChI=1S/C36H22N2/c1-2-7-27-20-34-29(18-26(27)6-1)21-33(31-9-3-4-10-32(31)34)24-13-11-23(12-14-24)30-19-28-16-15-25-8-5-17-37-35(25)36(28)38-22-30/h1-22H. The van der Waals surface area contributed by atoms with Crippen molar-refractivity contribution < 1.29 is 0 Å². The van der Waals surface area contributed by atoms with Crippen LogP contribution in [0.4, 0.5) is 0 Å². The van der Waals surface area contributed by atoms with Crippen molar-refractivity contribution in [2.24, 2.45) is 0 Å². The second-order valence-corrected chi connectivity index (χ2v) is 9.90. The van der Waals surface area contributed by atoms with E-state index in [1.54, 1.807) is 0 Å². The van der Waals surface area contributed by atoms with E-state index in [9.17, 15) is 0 Å². The first-order chi connectivity index (χ1) is 18.8. The van der Waals surface area contributed by atoms with Crippen molar-refractivity contribution in [1.29, 1.82) is 0 Å². The molecule has 0 aliphatic heterocycles. The molecule has 0 unspecified atom stereocenters.